The summed E-state index contributed by atoms with van der Waals surface area (Å²) in [6.07, 6.45) is 2.50. The molecule has 4 amide bonds. The Morgan fingerprint density at radius 3 is 2.09 bits per heavy atom. The second kappa shape index (κ2) is 13.1. The molecule has 0 spiro atoms. The lowest BCUT2D eigenvalue weighted by atomic mass is 10.0. The summed E-state index contributed by atoms with van der Waals surface area (Å²) >= 11 is 0. The third-order valence-electron chi connectivity index (χ3n) is 4.51. The van der Waals surface area contributed by atoms with E-state index in [0.29, 0.717) is 5.69 Å². The molecule has 0 aliphatic rings. The Labute approximate surface area is 189 Å². The highest BCUT2D eigenvalue weighted by Crippen LogP contribution is 2.07. The van der Waals surface area contributed by atoms with Gasteiger partial charge in [0.25, 0.3) is 0 Å². The van der Waals surface area contributed by atoms with Gasteiger partial charge in [0.2, 0.25) is 23.6 Å². The van der Waals surface area contributed by atoms with E-state index in [9.17, 15) is 34.2 Å². The Morgan fingerprint density at radius 1 is 1.03 bits per heavy atom. The van der Waals surface area contributed by atoms with Crippen LogP contribution in [0.25, 0.3) is 0 Å². The number of primary amides is 1. The second-order valence-corrected chi connectivity index (χ2v) is 7.89. The molecule has 0 bridgehead atoms. The number of nitrogens with one attached hydrogen (secondary N) is 4. The molecule has 184 valence electrons. The number of aromatic amines is 1. The van der Waals surface area contributed by atoms with E-state index in [4.69, 9.17) is 11.5 Å². The van der Waals surface area contributed by atoms with Gasteiger partial charge in [-0.05, 0) is 12.3 Å². The molecule has 1 aromatic rings. The number of aliphatic hydroxyl groups excluding tert-OH is 1. The van der Waals surface area contributed by atoms with E-state index in [-0.39, 0.29) is 18.8 Å². The van der Waals surface area contributed by atoms with Gasteiger partial charge < -0.3 is 42.6 Å². The quantitative estimate of drug-likeness (QED) is 0.136. The van der Waals surface area contributed by atoms with Crippen LogP contribution in [-0.4, -0.2) is 80.6 Å². The van der Waals surface area contributed by atoms with E-state index < -0.39 is 66.8 Å². The van der Waals surface area contributed by atoms with Crippen molar-refractivity contribution in [3.05, 3.63) is 18.2 Å². The minimum atomic E-state index is -1.57. The van der Waals surface area contributed by atoms with E-state index in [0.717, 1.165) is 0 Å². The van der Waals surface area contributed by atoms with E-state index >= 15 is 0 Å². The fourth-order valence-electron chi connectivity index (χ4n) is 2.85. The summed E-state index contributed by atoms with van der Waals surface area (Å²) in [6, 6.07) is -5.21. The number of carbonyl (C=O) groups excluding carboxylic acids is 4. The van der Waals surface area contributed by atoms with Gasteiger partial charge in [0, 0.05) is 18.3 Å². The van der Waals surface area contributed by atoms with E-state index in [1.54, 1.807) is 13.8 Å². The molecule has 0 radical (unpaired) electrons. The molecule has 1 rings (SSSR count). The van der Waals surface area contributed by atoms with Crippen LogP contribution < -0.4 is 27.4 Å². The lowest BCUT2D eigenvalue weighted by Crippen LogP contribution is -2.58. The number of amides is 4. The number of aliphatic hydroxyl groups is 1. The van der Waals surface area contributed by atoms with Crippen LogP contribution in [0.1, 0.15) is 32.4 Å². The summed E-state index contributed by atoms with van der Waals surface area (Å²) in [4.78, 5) is 66.5. The lowest BCUT2D eigenvalue weighted by molar-refractivity contribution is -0.144. The van der Waals surface area contributed by atoms with Gasteiger partial charge in [-0.25, -0.2) is 9.78 Å². The summed E-state index contributed by atoms with van der Waals surface area (Å²) in [5.41, 5.74) is 11.4. The molecule has 0 fully saturated rings. The van der Waals surface area contributed by atoms with Crippen molar-refractivity contribution in [1.82, 2.24) is 25.9 Å². The Balaban J connectivity index is 2.82. The van der Waals surface area contributed by atoms with Crippen LogP contribution in [-0.2, 0) is 30.4 Å². The molecule has 4 atom stereocenters. The van der Waals surface area contributed by atoms with Gasteiger partial charge in [0.1, 0.15) is 18.1 Å². The summed E-state index contributed by atoms with van der Waals surface area (Å²) in [5.74, 6) is -4.93. The Kier molecular flexibility index (Phi) is 10.9. The van der Waals surface area contributed by atoms with Gasteiger partial charge in [-0.3, -0.25) is 19.2 Å². The van der Waals surface area contributed by atoms with Crippen molar-refractivity contribution in [1.29, 1.82) is 0 Å². The number of rotatable bonds is 14. The third kappa shape index (κ3) is 9.65. The zero-order valence-electron chi connectivity index (χ0n) is 18.4. The number of nitrogens with two attached hydrogens (primary N) is 2. The highest BCUT2D eigenvalue weighted by Gasteiger charge is 2.31. The Bertz CT molecular complexity index is 828. The molecule has 33 heavy (non-hydrogen) atoms. The largest absolute Gasteiger partial charge is 0.480 e. The first-order valence-electron chi connectivity index (χ1n) is 10.2. The molecule has 14 nitrogen and oxygen atoms in total. The summed E-state index contributed by atoms with van der Waals surface area (Å²) in [7, 11) is 0. The number of aromatic nitrogens is 2. The molecular formula is C19H31N7O7. The summed E-state index contributed by atoms with van der Waals surface area (Å²) in [6.45, 7) is 2.76. The number of hydrogen-bond donors (Lipinski definition) is 8. The number of hydrogen-bond acceptors (Lipinski definition) is 8. The molecule has 4 unspecified atom stereocenters. The van der Waals surface area contributed by atoms with Crippen molar-refractivity contribution in [3.8, 4) is 0 Å². The number of carboxylic acid groups (broad SMARTS) is 1. The number of carbonyl (C=O) groups is 5. The molecule has 1 heterocycles. The van der Waals surface area contributed by atoms with Crippen molar-refractivity contribution in [2.45, 2.75) is 57.3 Å². The first-order valence-corrected chi connectivity index (χ1v) is 10.2. The van der Waals surface area contributed by atoms with Gasteiger partial charge in [0.15, 0.2) is 0 Å². The van der Waals surface area contributed by atoms with Gasteiger partial charge in [-0.15, -0.1) is 0 Å². The molecule has 1 aromatic heterocycles. The van der Waals surface area contributed by atoms with Crippen LogP contribution in [0.5, 0.6) is 0 Å². The first-order chi connectivity index (χ1) is 15.4. The van der Waals surface area contributed by atoms with Crippen molar-refractivity contribution >= 4 is 29.6 Å². The predicted octanol–water partition coefficient (Wildman–Crippen LogP) is -3.27. The van der Waals surface area contributed by atoms with Crippen molar-refractivity contribution in [2.24, 2.45) is 17.4 Å². The molecule has 0 aliphatic heterocycles. The van der Waals surface area contributed by atoms with Crippen LogP contribution in [0.4, 0.5) is 0 Å². The van der Waals surface area contributed by atoms with Crippen molar-refractivity contribution in [3.63, 3.8) is 0 Å². The molecule has 0 saturated carbocycles. The molecule has 0 saturated heterocycles. The van der Waals surface area contributed by atoms with Crippen LogP contribution in [0.15, 0.2) is 12.5 Å². The molecular weight excluding hydrogens is 438 g/mol. The number of imidazole rings is 1. The average Bonchev–Trinajstić information content (AvgIpc) is 3.22. The zero-order valence-corrected chi connectivity index (χ0v) is 18.4. The Morgan fingerprint density at radius 2 is 1.61 bits per heavy atom. The van der Waals surface area contributed by atoms with Gasteiger partial charge in [-0.1, -0.05) is 13.8 Å². The minimum absolute atomic E-state index is 0.0922. The van der Waals surface area contributed by atoms with E-state index in [1.165, 1.54) is 12.5 Å². The number of nitrogens with zero attached hydrogens (tertiary/aromatic N) is 1. The Hall–Kier alpha value is -3.52. The lowest BCUT2D eigenvalue weighted by Gasteiger charge is -2.25. The van der Waals surface area contributed by atoms with Gasteiger partial charge in [0.05, 0.1) is 25.4 Å². The fourth-order valence-corrected chi connectivity index (χ4v) is 2.85. The fraction of sp³-hybridized carbons (Fsp3) is 0.579. The summed E-state index contributed by atoms with van der Waals surface area (Å²) < 4.78 is 0. The maximum atomic E-state index is 12.6. The first kappa shape index (κ1) is 27.5. The third-order valence-corrected chi connectivity index (χ3v) is 4.51. The maximum absolute atomic E-state index is 12.6. The smallest absolute Gasteiger partial charge is 0.326 e. The van der Waals surface area contributed by atoms with Crippen LogP contribution in [0.2, 0.25) is 0 Å². The van der Waals surface area contributed by atoms with Gasteiger partial charge >= 0.3 is 5.97 Å². The highest BCUT2D eigenvalue weighted by atomic mass is 16.4. The van der Waals surface area contributed by atoms with E-state index in [1.807, 2.05) is 0 Å². The number of aliphatic carboxylic acids is 1. The standard InChI is InChI=1S/C19H31N7O7/c1-9(2)3-12(17(30)25-13(19(32)33)5-15(21)28)24-18(31)14(7-27)26-16(29)11(20)4-10-6-22-8-23-10/h6,8-9,11-14,27H,3-5,7,20H2,1-2H3,(H2,21,28)(H,22,23)(H,24,31)(H,25,30)(H,26,29)(H,32,33). The maximum Gasteiger partial charge on any atom is 0.326 e. The predicted molar refractivity (Wildman–Crippen MR) is 114 cm³/mol. The molecule has 10 N–H and O–H groups in total. The molecule has 0 aromatic carbocycles. The normalized spacial score (nSPS) is 14.6. The average molecular weight is 469 g/mol. The van der Waals surface area contributed by atoms with E-state index in [2.05, 4.69) is 25.9 Å². The van der Waals surface area contributed by atoms with Crippen LogP contribution in [0.3, 0.4) is 0 Å². The highest BCUT2D eigenvalue weighted by molar-refractivity contribution is 5.95. The van der Waals surface area contributed by atoms with Crippen LogP contribution >= 0.6 is 0 Å². The topological polar surface area (TPSA) is 243 Å². The minimum Gasteiger partial charge on any atom is -0.480 e. The summed E-state index contributed by atoms with van der Waals surface area (Å²) in [5, 5.41) is 25.6. The van der Waals surface area contributed by atoms with Crippen molar-refractivity contribution < 1.29 is 34.2 Å². The van der Waals surface area contributed by atoms with Gasteiger partial charge in [-0.2, -0.15) is 0 Å². The molecule has 0 aliphatic carbocycles. The number of carboxylic acids is 1. The zero-order chi connectivity index (χ0) is 25.1. The number of H-pyrrole nitrogens is 1. The van der Waals surface area contributed by atoms with Crippen LogP contribution in [0, 0.1) is 5.92 Å². The SMILES string of the molecule is CC(C)CC(NC(=O)C(CO)NC(=O)C(N)Cc1cnc[nH]1)C(=O)NC(CC(N)=O)C(=O)O. The second-order valence-electron chi connectivity index (χ2n) is 7.89. The van der Waals surface area contributed by atoms with Crippen molar-refractivity contribution in [2.75, 3.05) is 6.61 Å². The molecule has 14 heteroatoms. The monoisotopic (exact) mass is 469 g/mol.